The fraction of sp³-hybridized carbons (Fsp3) is 0.600. The molecular formula is C10H18N4. The molecule has 0 aliphatic rings. The molecule has 0 saturated carbocycles. The zero-order valence-electron chi connectivity index (χ0n) is 9.26. The standard InChI is InChI=1S/C10H18N4/c1-5-11-9-8(4)10(13-6-12-9)14-7(2)3/h6-7H,5H2,1-4H3,(H2,11,12,13,14). The molecule has 0 bridgehead atoms. The Morgan fingerprint density at radius 2 is 1.93 bits per heavy atom. The van der Waals surface area contributed by atoms with E-state index in [9.17, 15) is 0 Å². The maximum atomic E-state index is 4.20. The Bertz CT molecular complexity index is 296. The minimum Gasteiger partial charge on any atom is -0.370 e. The third-order valence-electron chi connectivity index (χ3n) is 1.85. The fourth-order valence-corrected chi connectivity index (χ4v) is 1.21. The molecule has 0 aromatic carbocycles. The van der Waals surface area contributed by atoms with Crippen molar-refractivity contribution in [3.05, 3.63) is 11.9 Å². The van der Waals surface area contributed by atoms with Gasteiger partial charge in [-0.1, -0.05) is 0 Å². The van der Waals surface area contributed by atoms with Crippen LogP contribution < -0.4 is 10.6 Å². The molecule has 0 spiro atoms. The molecule has 4 nitrogen and oxygen atoms in total. The van der Waals surface area contributed by atoms with Gasteiger partial charge in [-0.3, -0.25) is 0 Å². The molecule has 4 heteroatoms. The highest BCUT2D eigenvalue weighted by Crippen LogP contribution is 2.18. The van der Waals surface area contributed by atoms with Crippen molar-refractivity contribution in [3.63, 3.8) is 0 Å². The summed E-state index contributed by atoms with van der Waals surface area (Å²) in [6.45, 7) is 9.13. The maximum Gasteiger partial charge on any atom is 0.134 e. The normalized spacial score (nSPS) is 10.4. The van der Waals surface area contributed by atoms with Gasteiger partial charge in [0.2, 0.25) is 0 Å². The number of rotatable bonds is 4. The number of aromatic nitrogens is 2. The second-order valence-electron chi connectivity index (χ2n) is 3.53. The molecule has 0 aliphatic heterocycles. The summed E-state index contributed by atoms with van der Waals surface area (Å²) >= 11 is 0. The van der Waals surface area contributed by atoms with Crippen LogP contribution in [0.15, 0.2) is 6.33 Å². The molecule has 0 atom stereocenters. The lowest BCUT2D eigenvalue weighted by Crippen LogP contribution is -2.14. The Kier molecular flexibility index (Phi) is 3.68. The topological polar surface area (TPSA) is 49.8 Å². The van der Waals surface area contributed by atoms with E-state index in [0.29, 0.717) is 6.04 Å². The second kappa shape index (κ2) is 4.79. The van der Waals surface area contributed by atoms with Gasteiger partial charge in [-0.2, -0.15) is 0 Å². The van der Waals surface area contributed by atoms with Crippen molar-refractivity contribution in [2.75, 3.05) is 17.2 Å². The van der Waals surface area contributed by atoms with Gasteiger partial charge in [-0.15, -0.1) is 0 Å². The predicted molar refractivity (Wildman–Crippen MR) is 59.7 cm³/mol. The van der Waals surface area contributed by atoms with Crippen LogP contribution in [0.25, 0.3) is 0 Å². The Hall–Kier alpha value is -1.32. The van der Waals surface area contributed by atoms with Crippen molar-refractivity contribution >= 4 is 11.6 Å². The molecule has 1 heterocycles. The summed E-state index contributed by atoms with van der Waals surface area (Å²) in [5, 5.41) is 6.48. The van der Waals surface area contributed by atoms with Crippen LogP contribution >= 0.6 is 0 Å². The number of nitrogens with zero attached hydrogens (tertiary/aromatic N) is 2. The van der Waals surface area contributed by atoms with Gasteiger partial charge in [-0.05, 0) is 27.7 Å². The van der Waals surface area contributed by atoms with E-state index in [1.807, 2.05) is 6.92 Å². The summed E-state index contributed by atoms with van der Waals surface area (Å²) in [7, 11) is 0. The van der Waals surface area contributed by atoms with Gasteiger partial charge in [0.25, 0.3) is 0 Å². The van der Waals surface area contributed by atoms with Gasteiger partial charge < -0.3 is 10.6 Å². The quantitative estimate of drug-likeness (QED) is 0.770. The smallest absolute Gasteiger partial charge is 0.134 e. The summed E-state index contributed by atoms with van der Waals surface area (Å²) in [6, 6.07) is 0.387. The molecule has 2 N–H and O–H groups in total. The summed E-state index contributed by atoms with van der Waals surface area (Å²) in [4.78, 5) is 8.37. The third kappa shape index (κ3) is 2.58. The fourth-order valence-electron chi connectivity index (χ4n) is 1.21. The summed E-state index contributed by atoms with van der Waals surface area (Å²) in [5.74, 6) is 1.82. The van der Waals surface area contributed by atoms with Crippen LogP contribution in [0.4, 0.5) is 11.6 Å². The SMILES string of the molecule is CCNc1ncnc(NC(C)C)c1C. The highest BCUT2D eigenvalue weighted by atomic mass is 15.1. The van der Waals surface area contributed by atoms with Crippen molar-refractivity contribution in [1.82, 2.24) is 9.97 Å². The molecular weight excluding hydrogens is 176 g/mol. The molecule has 78 valence electrons. The second-order valence-corrected chi connectivity index (χ2v) is 3.53. The highest BCUT2D eigenvalue weighted by Gasteiger charge is 2.06. The predicted octanol–water partition coefficient (Wildman–Crippen LogP) is 2.04. The minimum absolute atomic E-state index is 0.387. The monoisotopic (exact) mass is 194 g/mol. The molecule has 0 saturated heterocycles. The van der Waals surface area contributed by atoms with Crippen LogP contribution in [0.1, 0.15) is 26.3 Å². The van der Waals surface area contributed by atoms with Crippen molar-refractivity contribution in [3.8, 4) is 0 Å². The maximum absolute atomic E-state index is 4.20. The van der Waals surface area contributed by atoms with Crippen molar-refractivity contribution < 1.29 is 0 Å². The third-order valence-corrected chi connectivity index (χ3v) is 1.85. The van der Waals surface area contributed by atoms with Crippen LogP contribution in [-0.4, -0.2) is 22.6 Å². The first-order valence-corrected chi connectivity index (χ1v) is 4.97. The van der Waals surface area contributed by atoms with Crippen LogP contribution in [0, 0.1) is 6.92 Å². The Morgan fingerprint density at radius 3 is 2.50 bits per heavy atom. The van der Waals surface area contributed by atoms with E-state index in [1.165, 1.54) is 0 Å². The van der Waals surface area contributed by atoms with Crippen LogP contribution in [0.3, 0.4) is 0 Å². The van der Waals surface area contributed by atoms with Gasteiger partial charge in [-0.25, -0.2) is 9.97 Å². The first-order valence-electron chi connectivity index (χ1n) is 4.97. The van der Waals surface area contributed by atoms with Crippen LogP contribution in [0.2, 0.25) is 0 Å². The molecule has 0 unspecified atom stereocenters. The Balaban J connectivity index is 2.89. The summed E-state index contributed by atoms with van der Waals surface area (Å²) < 4.78 is 0. The zero-order chi connectivity index (χ0) is 10.6. The minimum atomic E-state index is 0.387. The van der Waals surface area contributed by atoms with E-state index >= 15 is 0 Å². The van der Waals surface area contributed by atoms with Gasteiger partial charge in [0.15, 0.2) is 0 Å². The van der Waals surface area contributed by atoms with Gasteiger partial charge in [0.1, 0.15) is 18.0 Å². The average Bonchev–Trinajstić information content (AvgIpc) is 2.11. The lowest BCUT2D eigenvalue weighted by molar-refractivity contribution is 0.882. The Morgan fingerprint density at radius 1 is 1.29 bits per heavy atom. The van der Waals surface area contributed by atoms with Gasteiger partial charge in [0.05, 0.1) is 0 Å². The highest BCUT2D eigenvalue weighted by molar-refractivity contribution is 5.56. The first-order chi connectivity index (χ1) is 6.65. The van der Waals surface area contributed by atoms with E-state index < -0.39 is 0 Å². The number of nitrogens with one attached hydrogen (secondary N) is 2. The number of hydrogen-bond donors (Lipinski definition) is 2. The molecule has 0 amide bonds. The molecule has 0 fully saturated rings. The number of anilines is 2. The van der Waals surface area contributed by atoms with Crippen molar-refractivity contribution in [2.45, 2.75) is 33.7 Å². The zero-order valence-corrected chi connectivity index (χ0v) is 9.26. The molecule has 0 aliphatic carbocycles. The first kappa shape index (κ1) is 10.8. The van der Waals surface area contributed by atoms with E-state index in [4.69, 9.17) is 0 Å². The molecule has 1 aromatic rings. The lowest BCUT2D eigenvalue weighted by atomic mass is 10.3. The molecule has 1 aromatic heterocycles. The summed E-state index contributed by atoms with van der Waals surface area (Å²) in [6.07, 6.45) is 1.58. The summed E-state index contributed by atoms with van der Waals surface area (Å²) in [5.41, 5.74) is 1.07. The van der Waals surface area contributed by atoms with E-state index in [0.717, 1.165) is 23.7 Å². The van der Waals surface area contributed by atoms with Crippen LogP contribution in [-0.2, 0) is 0 Å². The molecule has 0 radical (unpaired) electrons. The number of hydrogen-bond acceptors (Lipinski definition) is 4. The van der Waals surface area contributed by atoms with E-state index in [-0.39, 0.29) is 0 Å². The molecule has 1 rings (SSSR count). The van der Waals surface area contributed by atoms with E-state index in [1.54, 1.807) is 6.33 Å². The van der Waals surface area contributed by atoms with Gasteiger partial charge >= 0.3 is 0 Å². The Labute approximate surface area is 85.2 Å². The van der Waals surface area contributed by atoms with Gasteiger partial charge in [0, 0.05) is 18.2 Å². The van der Waals surface area contributed by atoms with Crippen LogP contribution in [0.5, 0.6) is 0 Å². The molecule has 14 heavy (non-hydrogen) atoms. The van der Waals surface area contributed by atoms with Crippen molar-refractivity contribution in [1.29, 1.82) is 0 Å². The lowest BCUT2D eigenvalue weighted by Gasteiger charge is -2.13. The van der Waals surface area contributed by atoms with E-state index in [2.05, 4.69) is 41.4 Å². The average molecular weight is 194 g/mol. The van der Waals surface area contributed by atoms with Crippen molar-refractivity contribution in [2.24, 2.45) is 0 Å². The largest absolute Gasteiger partial charge is 0.370 e.